The Balaban J connectivity index is -0.0000000800. The monoisotopic (exact) mass is 224 g/mol. The molecule has 0 nitrogen and oxygen atoms in total. The molecule has 0 unspecified atom stereocenters. The average molecular weight is 227 g/mol. The van der Waals surface area contributed by atoms with Crippen molar-refractivity contribution in [3.05, 3.63) is 0 Å². The van der Waals surface area contributed by atoms with Gasteiger partial charge in [0.15, 0.2) is 0 Å². The zero-order valence-corrected chi connectivity index (χ0v) is 7.49. The molecule has 0 aromatic carbocycles. The molecule has 0 fully saturated rings. The zero-order chi connectivity index (χ0) is 4.50. The van der Waals surface area contributed by atoms with Gasteiger partial charge < -0.3 is 0 Å². The first kappa shape index (κ1) is 15.9. The van der Waals surface area contributed by atoms with Crippen LogP contribution in [-0.2, 0) is 0 Å². The van der Waals surface area contributed by atoms with Crippen LogP contribution in [0.15, 0.2) is 0 Å². The Hall–Kier alpha value is 1.74. The summed E-state index contributed by atoms with van der Waals surface area (Å²) in [6.07, 6.45) is 0. The van der Waals surface area contributed by atoms with Crippen LogP contribution in [0.2, 0.25) is 0 Å². The van der Waals surface area contributed by atoms with Gasteiger partial charge in [0.2, 0.25) is 0 Å². The van der Waals surface area contributed by atoms with Gasteiger partial charge in [-0.2, -0.15) is 0 Å². The molecule has 0 aliphatic heterocycles. The van der Waals surface area contributed by atoms with Gasteiger partial charge in [0, 0.05) is 0 Å². The lowest BCUT2D eigenvalue weighted by Gasteiger charge is -1.91. The van der Waals surface area contributed by atoms with Gasteiger partial charge >= 0.3 is 0 Å². The first-order valence-electron chi connectivity index (χ1n) is 0.756. The van der Waals surface area contributed by atoms with Crippen molar-refractivity contribution in [2.45, 2.75) is 3.25 Å². The van der Waals surface area contributed by atoms with Gasteiger partial charge in [0.1, 0.15) is 0 Å². The molecule has 0 amide bonds. The van der Waals surface area contributed by atoms with Crippen molar-refractivity contribution in [1.29, 1.82) is 0 Å². The van der Waals surface area contributed by atoms with E-state index in [0.717, 1.165) is 0 Å². The smallest absolute Gasteiger partial charge is 0.147 e. The van der Waals surface area contributed by atoms with E-state index in [4.69, 9.17) is 46.4 Å². The molecule has 0 spiro atoms. The zero-order valence-electron chi connectivity index (χ0n) is 2.83. The van der Waals surface area contributed by atoms with E-state index in [1.54, 1.807) is 0 Å². The molecule has 48 valence electrons. The lowest BCUT2D eigenvalue weighted by atomic mass is 11.8. The third-order valence-corrected chi connectivity index (χ3v) is 0. The molecule has 0 radical (unpaired) electrons. The third kappa shape index (κ3) is 84.2. The van der Waals surface area contributed by atoms with E-state index >= 15 is 0 Å². The highest BCUT2D eigenvalue weighted by Crippen LogP contribution is 2.29. The average Bonchev–Trinajstić information content (AvgIpc) is 0.722. The van der Waals surface area contributed by atoms with Crippen molar-refractivity contribution in [3.63, 3.8) is 0 Å². The third-order valence-electron chi connectivity index (χ3n) is 0. The van der Waals surface area contributed by atoms with E-state index in [1.807, 2.05) is 0 Å². The van der Waals surface area contributed by atoms with Crippen LogP contribution >= 0.6 is 71.2 Å². The lowest BCUT2D eigenvalue weighted by Crippen LogP contribution is -1.81. The molecule has 0 rings (SSSR count). The fraction of sp³-hybridized carbons (Fsp3) is 1.00. The molecule has 0 saturated carbocycles. The summed E-state index contributed by atoms with van der Waals surface area (Å²) in [6, 6.07) is 0. The van der Waals surface area contributed by atoms with E-state index in [0.29, 0.717) is 0 Å². The Kier molecular flexibility index (Phi) is 13.3. The van der Waals surface area contributed by atoms with Crippen LogP contribution in [0, 0.1) is 0 Å². The summed E-state index contributed by atoms with van der Waals surface area (Å²) in [5, 5.41) is 0. The maximum atomic E-state index is 4.83. The van der Waals surface area contributed by atoms with Gasteiger partial charge in [-0.05, 0) is 0 Å². The Labute approximate surface area is 74.3 Å². The highest BCUT2D eigenvalue weighted by molar-refractivity contribution is 6.83. The fourth-order valence-electron chi connectivity index (χ4n) is 0. The summed E-state index contributed by atoms with van der Waals surface area (Å²) in [5.41, 5.74) is 0. The molecule has 0 N–H and O–H groups in total. The van der Waals surface area contributed by atoms with Gasteiger partial charge in [-0.3, -0.25) is 0 Å². The molecule has 6 heteroatoms. The summed E-state index contributed by atoms with van der Waals surface area (Å²) in [7, 11) is 0. The van der Waals surface area contributed by atoms with Crippen LogP contribution in [0.25, 0.3) is 0 Å². The maximum absolute atomic E-state index is 4.83. The van der Waals surface area contributed by atoms with E-state index in [9.17, 15) is 0 Å². The second kappa shape index (κ2) is 5.87. The van der Waals surface area contributed by atoms with Crippen LogP contribution in [0.1, 0.15) is 0 Å². The number of alkyl halides is 4. The molecule has 0 aromatic heterocycles. The molecule has 0 saturated heterocycles. The van der Waals surface area contributed by atoms with Crippen LogP contribution in [-0.4, -0.2) is 3.25 Å². The topological polar surface area (TPSA) is 0 Å². The normalized spacial score (nSPS) is 8.57. The van der Waals surface area contributed by atoms with Crippen LogP contribution in [0.5, 0.6) is 0 Å². The van der Waals surface area contributed by atoms with Gasteiger partial charge in [0.05, 0.1) is 0 Å². The predicted octanol–water partition coefficient (Wildman–Crippen LogP) is 3.40. The Bertz CT molecular complexity index is 19.7. The van der Waals surface area contributed by atoms with E-state index in [-0.39, 0.29) is 24.8 Å². The second-order valence-electron chi connectivity index (χ2n) is 0.429. The SMILES string of the molecule is Cl.Cl.ClC(Cl)(Cl)Cl. The summed E-state index contributed by atoms with van der Waals surface area (Å²) in [5.74, 6) is 0. The van der Waals surface area contributed by atoms with Gasteiger partial charge in [-0.25, -0.2) is 0 Å². The van der Waals surface area contributed by atoms with Crippen molar-refractivity contribution in [1.82, 2.24) is 0 Å². The number of hydrogen-bond acceptors (Lipinski definition) is 0. The standard InChI is InChI=1S/CCl4.2ClH/c2-1(3,4)5;;/h;2*1H. The molecule has 7 heavy (non-hydrogen) atoms. The van der Waals surface area contributed by atoms with Gasteiger partial charge in [-0.15, -0.1) is 24.8 Å². The van der Waals surface area contributed by atoms with Crippen LogP contribution < -0.4 is 0 Å². The quantitative estimate of drug-likeness (QED) is 0.556. The summed E-state index contributed by atoms with van der Waals surface area (Å²) >= 11 is 19.3. The van der Waals surface area contributed by atoms with Crippen molar-refractivity contribution in [3.8, 4) is 0 Å². The largest absolute Gasteiger partial charge is 0.266 e. The first-order valence-corrected chi connectivity index (χ1v) is 2.27. The van der Waals surface area contributed by atoms with Crippen LogP contribution in [0.3, 0.4) is 0 Å². The van der Waals surface area contributed by atoms with Crippen molar-refractivity contribution >= 4 is 71.2 Å². The number of rotatable bonds is 0. The first-order chi connectivity index (χ1) is 2.00. The minimum Gasteiger partial charge on any atom is -0.147 e. The van der Waals surface area contributed by atoms with E-state index in [2.05, 4.69) is 0 Å². The fourth-order valence-corrected chi connectivity index (χ4v) is 0. The minimum atomic E-state index is -1.61. The molecule has 0 atom stereocenters. The van der Waals surface area contributed by atoms with E-state index < -0.39 is 3.25 Å². The Morgan fingerprint density at radius 1 is 0.714 bits per heavy atom. The number of hydrogen-bond donors (Lipinski definition) is 0. The molecule has 0 heterocycles. The second-order valence-corrected chi connectivity index (χ2v) is 3.86. The van der Waals surface area contributed by atoms with Crippen LogP contribution in [0.4, 0.5) is 0 Å². The predicted molar refractivity (Wildman–Crippen MR) is 40.6 cm³/mol. The molecule has 0 aromatic rings. The van der Waals surface area contributed by atoms with Crippen molar-refractivity contribution in [2.24, 2.45) is 0 Å². The minimum absolute atomic E-state index is 0. The summed E-state index contributed by atoms with van der Waals surface area (Å²) in [6.45, 7) is 0. The Morgan fingerprint density at radius 2 is 0.714 bits per heavy atom. The van der Waals surface area contributed by atoms with Crippen molar-refractivity contribution in [2.75, 3.05) is 0 Å². The summed E-state index contributed by atoms with van der Waals surface area (Å²) < 4.78 is -1.61. The maximum Gasteiger partial charge on any atom is 0.266 e. The number of halogens is 6. The molecule has 0 aliphatic rings. The summed E-state index contributed by atoms with van der Waals surface area (Å²) in [4.78, 5) is 0. The lowest BCUT2D eigenvalue weighted by molar-refractivity contribution is 1.76. The van der Waals surface area contributed by atoms with Crippen molar-refractivity contribution < 1.29 is 0 Å². The Morgan fingerprint density at radius 3 is 0.714 bits per heavy atom. The highest BCUT2D eigenvalue weighted by atomic mass is 35.6. The van der Waals surface area contributed by atoms with Gasteiger partial charge in [-0.1, -0.05) is 46.4 Å². The van der Waals surface area contributed by atoms with Gasteiger partial charge in [0.25, 0.3) is 3.25 Å². The molecule has 0 aliphatic carbocycles. The van der Waals surface area contributed by atoms with E-state index in [1.165, 1.54) is 0 Å². The molecule has 0 bridgehead atoms. The molecular weight excluding hydrogens is 225 g/mol. The highest BCUT2D eigenvalue weighted by Gasteiger charge is 2.11. The molecular formula is CH2Cl6.